The Kier molecular flexibility index (Phi) is 4.63. The van der Waals surface area contributed by atoms with E-state index in [1.165, 1.54) is 0 Å². The molecule has 1 aromatic heterocycles. The Labute approximate surface area is 98.2 Å². The molecule has 0 radical (unpaired) electrons. The Morgan fingerprint density at radius 3 is 3.06 bits per heavy atom. The van der Waals surface area contributed by atoms with Crippen LogP contribution < -0.4 is 10.1 Å². The van der Waals surface area contributed by atoms with Gasteiger partial charge in [0.25, 0.3) is 5.91 Å². The zero-order valence-electron chi connectivity index (χ0n) is 9.27. The van der Waals surface area contributed by atoms with Gasteiger partial charge < -0.3 is 10.1 Å². The first-order valence-electron chi connectivity index (χ1n) is 4.86. The maximum absolute atomic E-state index is 11.1. The smallest absolute Gasteiger partial charge is 0.258 e. The van der Waals surface area contributed by atoms with E-state index in [2.05, 4.69) is 10.3 Å². The van der Waals surface area contributed by atoms with Crippen molar-refractivity contribution in [2.24, 2.45) is 0 Å². The number of aromatic nitrogens is 1. The monoisotopic (exact) mass is 233 g/mol. The van der Waals surface area contributed by atoms with Gasteiger partial charge in [0.15, 0.2) is 12.9 Å². The quantitative estimate of drug-likeness (QED) is 0.580. The van der Waals surface area contributed by atoms with Gasteiger partial charge in [0.05, 0.1) is 6.07 Å². The van der Waals surface area contributed by atoms with Gasteiger partial charge in [-0.2, -0.15) is 5.26 Å². The van der Waals surface area contributed by atoms with E-state index in [4.69, 9.17) is 10.00 Å². The average Bonchev–Trinajstić information content (AvgIpc) is 2.34. The van der Waals surface area contributed by atoms with Crippen LogP contribution in [-0.4, -0.2) is 30.3 Å². The molecular formula is C11H11N3O3. The fourth-order valence-corrected chi connectivity index (χ4v) is 1.10. The fraction of sp³-hybridized carbons (Fsp3) is 0.273. The van der Waals surface area contributed by atoms with Crippen molar-refractivity contribution >= 4 is 12.2 Å². The molecule has 0 fully saturated rings. The van der Waals surface area contributed by atoms with Crippen molar-refractivity contribution in [2.75, 3.05) is 13.2 Å². The van der Waals surface area contributed by atoms with Crippen molar-refractivity contribution in [3.05, 3.63) is 23.5 Å². The minimum absolute atomic E-state index is 0.0745. The highest BCUT2D eigenvalue weighted by atomic mass is 16.5. The molecule has 0 aliphatic carbocycles. The average molecular weight is 233 g/mol. The van der Waals surface area contributed by atoms with E-state index in [0.29, 0.717) is 12.0 Å². The molecule has 1 heterocycles. The summed E-state index contributed by atoms with van der Waals surface area (Å²) in [6.07, 6.45) is 0.565. The lowest BCUT2D eigenvalue weighted by Crippen LogP contribution is -2.29. The number of pyridine rings is 1. The molecule has 0 atom stereocenters. The summed E-state index contributed by atoms with van der Waals surface area (Å²) in [5.41, 5.74) is 0.839. The van der Waals surface area contributed by atoms with Gasteiger partial charge in [0.2, 0.25) is 0 Å². The van der Waals surface area contributed by atoms with Gasteiger partial charge in [-0.1, -0.05) is 0 Å². The summed E-state index contributed by atoms with van der Waals surface area (Å²) < 4.78 is 5.13. The molecular weight excluding hydrogens is 222 g/mol. The Balaban J connectivity index is 2.60. The molecule has 17 heavy (non-hydrogen) atoms. The van der Waals surface area contributed by atoms with Crippen molar-refractivity contribution in [3.8, 4) is 11.8 Å². The first-order valence-corrected chi connectivity index (χ1v) is 4.86. The minimum atomic E-state index is -0.427. The molecule has 1 aromatic rings. The molecule has 6 heteroatoms. The summed E-state index contributed by atoms with van der Waals surface area (Å²) in [4.78, 5) is 25.8. The van der Waals surface area contributed by atoms with Crippen LogP contribution in [0.2, 0.25) is 0 Å². The number of rotatable bonds is 5. The van der Waals surface area contributed by atoms with Crippen LogP contribution in [0.1, 0.15) is 16.2 Å². The van der Waals surface area contributed by atoms with Crippen LogP contribution in [0.5, 0.6) is 5.75 Å². The maximum atomic E-state index is 11.1. The second-order valence-corrected chi connectivity index (χ2v) is 3.18. The first-order chi connectivity index (χ1) is 8.17. The van der Waals surface area contributed by atoms with Crippen LogP contribution in [-0.2, 0) is 4.79 Å². The van der Waals surface area contributed by atoms with Crippen molar-refractivity contribution in [2.45, 2.75) is 6.92 Å². The standard InChI is InChI=1S/C11H11N3O3/c1-8-2-3-10(9(6-15)14-8)17-7-11(16)13-5-4-12/h2-3,6H,5,7H2,1H3,(H,13,16). The molecule has 6 nitrogen and oxygen atoms in total. The number of nitrogens with one attached hydrogen (secondary N) is 1. The van der Waals surface area contributed by atoms with Gasteiger partial charge in [-0.3, -0.25) is 9.59 Å². The van der Waals surface area contributed by atoms with Crippen molar-refractivity contribution in [1.29, 1.82) is 5.26 Å². The minimum Gasteiger partial charge on any atom is -0.481 e. The van der Waals surface area contributed by atoms with Crippen LogP contribution in [0, 0.1) is 18.3 Å². The second-order valence-electron chi connectivity index (χ2n) is 3.18. The van der Waals surface area contributed by atoms with Crippen molar-refractivity contribution in [1.82, 2.24) is 10.3 Å². The van der Waals surface area contributed by atoms with Gasteiger partial charge in [-0.15, -0.1) is 0 Å². The summed E-state index contributed by atoms with van der Waals surface area (Å²) >= 11 is 0. The normalized spacial score (nSPS) is 9.18. The molecule has 0 aliphatic heterocycles. The van der Waals surface area contributed by atoms with Gasteiger partial charge in [-0.25, -0.2) is 4.98 Å². The van der Waals surface area contributed by atoms with Gasteiger partial charge in [0, 0.05) is 5.69 Å². The molecule has 88 valence electrons. The molecule has 0 aliphatic rings. The Hall–Kier alpha value is -2.42. The van der Waals surface area contributed by atoms with E-state index in [1.54, 1.807) is 25.1 Å². The van der Waals surface area contributed by atoms with Gasteiger partial charge in [0.1, 0.15) is 18.0 Å². The Morgan fingerprint density at radius 2 is 2.41 bits per heavy atom. The van der Waals surface area contributed by atoms with E-state index < -0.39 is 5.91 Å². The van der Waals surface area contributed by atoms with E-state index in [1.807, 2.05) is 0 Å². The summed E-state index contributed by atoms with van der Waals surface area (Å²) in [6, 6.07) is 5.02. The maximum Gasteiger partial charge on any atom is 0.258 e. The van der Waals surface area contributed by atoms with Gasteiger partial charge in [-0.05, 0) is 19.1 Å². The molecule has 0 spiro atoms. The number of amides is 1. The Bertz CT molecular complexity index is 466. The number of aryl methyl sites for hydroxylation is 1. The van der Waals surface area contributed by atoms with Crippen LogP contribution in [0.3, 0.4) is 0 Å². The van der Waals surface area contributed by atoms with Crippen LogP contribution in [0.25, 0.3) is 0 Å². The number of hydrogen-bond acceptors (Lipinski definition) is 5. The zero-order chi connectivity index (χ0) is 12.7. The molecule has 0 bridgehead atoms. The lowest BCUT2D eigenvalue weighted by Gasteiger charge is -2.07. The van der Waals surface area contributed by atoms with Crippen LogP contribution in [0.15, 0.2) is 12.1 Å². The third-order valence-electron chi connectivity index (χ3n) is 1.86. The molecule has 0 saturated heterocycles. The molecule has 0 unspecified atom stereocenters. The largest absolute Gasteiger partial charge is 0.481 e. The van der Waals surface area contributed by atoms with Gasteiger partial charge >= 0.3 is 0 Å². The molecule has 0 aromatic carbocycles. The summed E-state index contributed by atoms with van der Waals surface area (Å²) in [6.45, 7) is 1.42. The van der Waals surface area contributed by atoms with Crippen LogP contribution >= 0.6 is 0 Å². The van der Waals surface area contributed by atoms with E-state index >= 15 is 0 Å². The zero-order valence-corrected chi connectivity index (χ0v) is 9.27. The van der Waals surface area contributed by atoms with Crippen molar-refractivity contribution in [3.63, 3.8) is 0 Å². The number of aldehydes is 1. The first kappa shape index (κ1) is 12.6. The third-order valence-corrected chi connectivity index (χ3v) is 1.86. The highest BCUT2D eigenvalue weighted by Crippen LogP contribution is 2.14. The number of nitrogens with zero attached hydrogens (tertiary/aromatic N) is 2. The molecule has 1 N–H and O–H groups in total. The molecule has 0 saturated carbocycles. The lowest BCUT2D eigenvalue weighted by molar-refractivity contribution is -0.122. The fourth-order valence-electron chi connectivity index (χ4n) is 1.10. The van der Waals surface area contributed by atoms with E-state index in [-0.39, 0.29) is 24.6 Å². The predicted octanol–water partition coefficient (Wildman–Crippen LogP) is 0.221. The summed E-state index contributed by atoms with van der Waals surface area (Å²) in [7, 11) is 0. The third kappa shape index (κ3) is 3.91. The number of carbonyl (C=O) groups is 2. The summed E-state index contributed by atoms with van der Waals surface area (Å²) in [5.74, 6) is -0.179. The number of carbonyl (C=O) groups excluding carboxylic acids is 2. The van der Waals surface area contributed by atoms with Crippen LogP contribution in [0.4, 0.5) is 0 Å². The number of ether oxygens (including phenoxy) is 1. The topological polar surface area (TPSA) is 92.1 Å². The SMILES string of the molecule is Cc1ccc(OCC(=O)NCC#N)c(C=O)n1. The van der Waals surface area contributed by atoms with E-state index in [0.717, 1.165) is 0 Å². The molecule has 1 amide bonds. The van der Waals surface area contributed by atoms with Crippen molar-refractivity contribution < 1.29 is 14.3 Å². The Morgan fingerprint density at radius 1 is 1.65 bits per heavy atom. The predicted molar refractivity (Wildman–Crippen MR) is 58.5 cm³/mol. The van der Waals surface area contributed by atoms with E-state index in [9.17, 15) is 9.59 Å². The number of nitriles is 1. The molecule has 1 rings (SSSR count). The highest BCUT2D eigenvalue weighted by molar-refractivity contribution is 5.79. The summed E-state index contributed by atoms with van der Waals surface area (Å²) in [5, 5.41) is 10.6. The second kappa shape index (κ2) is 6.23. The highest BCUT2D eigenvalue weighted by Gasteiger charge is 2.07. The number of hydrogen-bond donors (Lipinski definition) is 1. The lowest BCUT2D eigenvalue weighted by atomic mass is 10.3.